The number of hydrogen-bond acceptors (Lipinski definition) is 0. The number of allylic oxidation sites excluding steroid dienone is 8. The van der Waals surface area contributed by atoms with Gasteiger partial charge in [0.1, 0.15) is 0 Å². The van der Waals surface area contributed by atoms with Crippen molar-refractivity contribution in [3.63, 3.8) is 0 Å². The Morgan fingerprint density at radius 3 is 1.21 bits per heavy atom. The van der Waals surface area contributed by atoms with Crippen LogP contribution in [0.3, 0.4) is 0 Å². The molecule has 5 aliphatic carbocycles. The summed E-state index contributed by atoms with van der Waals surface area (Å²) in [6.45, 7) is 10.1. The zero-order chi connectivity index (χ0) is 34.9. The molecule has 52 heavy (non-hydrogen) atoms. The summed E-state index contributed by atoms with van der Waals surface area (Å²) in [7, 11) is 0. The molecule has 6 aromatic carbocycles. The van der Waals surface area contributed by atoms with E-state index in [2.05, 4.69) is 161 Å². The molecule has 0 heteroatoms. The summed E-state index contributed by atoms with van der Waals surface area (Å²) in [5.41, 5.74) is 21.2. The van der Waals surface area contributed by atoms with Crippen molar-refractivity contribution >= 4 is 32.7 Å². The van der Waals surface area contributed by atoms with Crippen LogP contribution in [-0.4, -0.2) is 0 Å². The Kier molecular flexibility index (Phi) is 6.25. The lowest BCUT2D eigenvalue weighted by Gasteiger charge is -2.40. The Morgan fingerprint density at radius 1 is 0.442 bits per heavy atom. The van der Waals surface area contributed by atoms with Gasteiger partial charge in [-0.1, -0.05) is 149 Å². The highest BCUT2D eigenvalue weighted by atomic mass is 14.5. The van der Waals surface area contributed by atoms with Crippen LogP contribution in [0, 0.1) is 11.8 Å². The highest BCUT2D eigenvalue weighted by molar-refractivity contribution is 6.08. The number of benzene rings is 6. The third-order valence-electron chi connectivity index (χ3n) is 14.0. The fourth-order valence-corrected chi connectivity index (χ4v) is 11.2. The Balaban J connectivity index is 1.06. The lowest BCUT2D eigenvalue weighted by molar-refractivity contribution is 0.392. The number of rotatable bonds is 2. The molecule has 6 aromatic rings. The van der Waals surface area contributed by atoms with Gasteiger partial charge in [0.25, 0.3) is 0 Å². The second kappa shape index (κ2) is 10.7. The van der Waals surface area contributed by atoms with Crippen molar-refractivity contribution in [2.75, 3.05) is 0 Å². The zero-order valence-electron chi connectivity index (χ0n) is 30.7. The van der Waals surface area contributed by atoms with Gasteiger partial charge in [-0.05, 0) is 160 Å². The highest BCUT2D eigenvalue weighted by Gasteiger charge is 2.50. The van der Waals surface area contributed by atoms with E-state index in [-0.39, 0.29) is 10.8 Å². The van der Waals surface area contributed by atoms with Crippen molar-refractivity contribution < 1.29 is 0 Å². The molecule has 0 radical (unpaired) electrons. The minimum Gasteiger partial charge on any atom is -0.0622 e. The van der Waals surface area contributed by atoms with Crippen LogP contribution in [-0.2, 0) is 10.8 Å². The van der Waals surface area contributed by atoms with E-state index in [1.807, 2.05) is 0 Å². The predicted octanol–water partition coefficient (Wildman–Crippen LogP) is 13.8. The summed E-state index contributed by atoms with van der Waals surface area (Å²) in [6, 6.07) is 45.5. The first-order valence-electron chi connectivity index (χ1n) is 19.4. The maximum Gasteiger partial charge on any atom is -0.00229 e. The van der Waals surface area contributed by atoms with Gasteiger partial charge in [0.15, 0.2) is 0 Å². The van der Waals surface area contributed by atoms with Crippen LogP contribution in [0.15, 0.2) is 156 Å². The third kappa shape index (κ3) is 4.04. The van der Waals surface area contributed by atoms with Crippen LogP contribution in [0.4, 0.5) is 0 Å². The van der Waals surface area contributed by atoms with Crippen molar-refractivity contribution in [1.29, 1.82) is 0 Å². The van der Waals surface area contributed by atoms with Crippen molar-refractivity contribution in [3.8, 4) is 22.3 Å². The molecule has 5 aliphatic rings. The predicted molar refractivity (Wildman–Crippen MR) is 220 cm³/mol. The van der Waals surface area contributed by atoms with Gasteiger partial charge in [0.05, 0.1) is 0 Å². The molecule has 0 nitrogen and oxygen atoms in total. The van der Waals surface area contributed by atoms with E-state index in [1.54, 1.807) is 33.4 Å². The van der Waals surface area contributed by atoms with Gasteiger partial charge in [0, 0.05) is 0 Å². The molecule has 0 saturated heterocycles. The Labute approximate surface area is 307 Å². The van der Waals surface area contributed by atoms with Crippen LogP contribution >= 0.6 is 0 Å². The highest BCUT2D eigenvalue weighted by Crippen LogP contribution is 2.63. The molecule has 0 saturated carbocycles. The molecule has 2 atom stereocenters. The molecule has 252 valence electrons. The average Bonchev–Trinajstić information content (AvgIpc) is 3.54. The normalized spacial score (nSPS) is 21.9. The van der Waals surface area contributed by atoms with Gasteiger partial charge in [0.2, 0.25) is 0 Å². The zero-order valence-corrected chi connectivity index (χ0v) is 30.7. The minimum absolute atomic E-state index is 0.0384. The Morgan fingerprint density at radius 2 is 0.808 bits per heavy atom. The van der Waals surface area contributed by atoms with Crippen molar-refractivity contribution in [2.24, 2.45) is 11.8 Å². The summed E-state index contributed by atoms with van der Waals surface area (Å²) in [6.07, 6.45) is 9.89. The Hall–Kier alpha value is -5.20. The molecule has 2 unspecified atom stereocenters. The molecular formula is C52H44. The minimum atomic E-state index is 0.0384. The van der Waals surface area contributed by atoms with Gasteiger partial charge in [-0.3, -0.25) is 0 Å². The summed E-state index contributed by atoms with van der Waals surface area (Å²) in [5, 5.41) is 5.57. The summed E-state index contributed by atoms with van der Waals surface area (Å²) in [5.74, 6) is 0.943. The van der Waals surface area contributed by atoms with Gasteiger partial charge < -0.3 is 0 Å². The summed E-state index contributed by atoms with van der Waals surface area (Å²) < 4.78 is 0. The fourth-order valence-electron chi connectivity index (χ4n) is 11.2. The first-order chi connectivity index (χ1) is 25.3. The van der Waals surface area contributed by atoms with Gasteiger partial charge in [-0.25, -0.2) is 0 Å². The average molecular weight is 669 g/mol. The Bertz CT molecular complexity index is 2470. The van der Waals surface area contributed by atoms with E-state index in [4.69, 9.17) is 0 Å². The van der Waals surface area contributed by atoms with Crippen molar-refractivity contribution in [2.45, 2.75) is 64.2 Å². The second-order valence-electron chi connectivity index (χ2n) is 17.2. The van der Waals surface area contributed by atoms with Crippen LogP contribution in [0.2, 0.25) is 0 Å². The van der Waals surface area contributed by atoms with E-state index >= 15 is 0 Å². The van der Waals surface area contributed by atoms with Crippen molar-refractivity contribution in [3.05, 3.63) is 178 Å². The SMILES string of the molecule is CC1(C)c2cc(-c3ccccc3)c3ccccc3c2C2=CC3=C(CC21)C1=C(C=C2c4c(cc(-c5ccccc5)c5ccccc45)C(C)(C)C2C1)CC3. The van der Waals surface area contributed by atoms with E-state index in [0.29, 0.717) is 11.8 Å². The maximum atomic E-state index is 2.67. The van der Waals surface area contributed by atoms with Gasteiger partial charge in [-0.2, -0.15) is 0 Å². The van der Waals surface area contributed by atoms with Crippen LogP contribution < -0.4 is 0 Å². The van der Waals surface area contributed by atoms with E-state index < -0.39 is 0 Å². The molecule has 0 N–H and O–H groups in total. The smallest absolute Gasteiger partial charge is 0.00229 e. The second-order valence-corrected chi connectivity index (χ2v) is 17.2. The molecule has 11 rings (SSSR count). The van der Waals surface area contributed by atoms with Gasteiger partial charge >= 0.3 is 0 Å². The topological polar surface area (TPSA) is 0 Å². The molecule has 0 aromatic heterocycles. The quantitative estimate of drug-likeness (QED) is 0.172. The van der Waals surface area contributed by atoms with Crippen LogP contribution in [0.25, 0.3) is 54.9 Å². The summed E-state index contributed by atoms with van der Waals surface area (Å²) in [4.78, 5) is 0. The monoisotopic (exact) mass is 668 g/mol. The van der Waals surface area contributed by atoms with Crippen molar-refractivity contribution in [1.82, 2.24) is 0 Å². The van der Waals surface area contributed by atoms with Crippen LogP contribution in [0.1, 0.15) is 75.6 Å². The molecule has 0 spiro atoms. The number of hydrogen-bond donors (Lipinski definition) is 0. The van der Waals surface area contributed by atoms with Gasteiger partial charge in [-0.15, -0.1) is 0 Å². The first kappa shape index (κ1) is 30.4. The van der Waals surface area contributed by atoms with E-state index in [9.17, 15) is 0 Å². The molecule has 0 amide bonds. The largest absolute Gasteiger partial charge is 0.0622 e. The summed E-state index contributed by atoms with van der Waals surface area (Å²) >= 11 is 0. The fraction of sp³-hybridized carbons (Fsp3) is 0.231. The molecule has 0 aliphatic heterocycles. The first-order valence-corrected chi connectivity index (χ1v) is 19.4. The lowest BCUT2D eigenvalue weighted by Crippen LogP contribution is -2.29. The molecule has 0 heterocycles. The van der Waals surface area contributed by atoms with E-state index in [1.165, 1.54) is 66.1 Å². The molecular weight excluding hydrogens is 625 g/mol. The standard InChI is InChI=1S/C52H44/c1-51(2)45-27-41-33(25-43(45)49-37-21-13-11-19-35(37)39(29-47(49)51)31-15-7-5-8-16-31)23-24-34-26-44-46(28-42(34)41)52(3,4)48-30-40(32-17-9-6-10-18-32)36-20-12-14-22-38(36)50(44)48/h5-22,25-26,29-30,45-46H,23-24,27-28H2,1-4H3. The maximum absolute atomic E-state index is 2.67. The number of fused-ring (bicyclic) bond motifs is 11. The van der Waals surface area contributed by atoms with Crippen LogP contribution in [0.5, 0.6) is 0 Å². The molecule has 0 bridgehead atoms. The molecule has 0 fully saturated rings. The van der Waals surface area contributed by atoms with E-state index in [0.717, 1.165) is 25.7 Å². The third-order valence-corrected chi connectivity index (χ3v) is 14.0. The lowest BCUT2D eigenvalue weighted by atomic mass is 9.64.